The quantitative estimate of drug-likeness (QED) is 0.614. The molecule has 0 unspecified atom stereocenters. The van der Waals surface area contributed by atoms with Crippen molar-refractivity contribution in [2.45, 2.75) is 25.7 Å². The predicted molar refractivity (Wildman–Crippen MR) is 87.1 cm³/mol. The summed E-state index contributed by atoms with van der Waals surface area (Å²) in [5.74, 6) is 0.871. The highest BCUT2D eigenvalue weighted by molar-refractivity contribution is 5.67. The van der Waals surface area contributed by atoms with Crippen LogP contribution in [0.1, 0.15) is 24.0 Å². The normalized spacial score (nSPS) is 16.9. The fourth-order valence-corrected chi connectivity index (χ4v) is 3.57. The summed E-state index contributed by atoms with van der Waals surface area (Å²) in [7, 11) is 1.99. The van der Waals surface area contributed by atoms with Crippen molar-refractivity contribution in [2.24, 2.45) is 17.3 Å². The number of rotatable bonds is 2. The van der Waals surface area contributed by atoms with Crippen molar-refractivity contribution in [3.63, 3.8) is 0 Å². The highest BCUT2D eigenvalue weighted by Crippen LogP contribution is 2.38. The molecular weight excluding hydrogens is 272 g/mol. The van der Waals surface area contributed by atoms with E-state index in [0.717, 1.165) is 11.5 Å². The van der Waals surface area contributed by atoms with Crippen LogP contribution in [0.2, 0.25) is 0 Å². The van der Waals surface area contributed by atoms with Gasteiger partial charge in [0.15, 0.2) is 0 Å². The van der Waals surface area contributed by atoms with Crippen molar-refractivity contribution >= 4 is 17.2 Å². The maximum absolute atomic E-state index is 4.49. The summed E-state index contributed by atoms with van der Waals surface area (Å²) in [4.78, 5) is 2.55. The highest BCUT2D eigenvalue weighted by Gasteiger charge is 2.24. The molecule has 1 aromatic carbocycles. The lowest BCUT2D eigenvalue weighted by molar-refractivity contribution is -0.658. The Hall–Kier alpha value is -2.23. The molecule has 0 spiro atoms. The molecule has 0 saturated carbocycles. The second-order valence-electron chi connectivity index (χ2n) is 6.18. The first kappa shape index (κ1) is 13.4. The molecule has 4 rings (SSSR count). The number of hydrogen-bond donors (Lipinski definition) is 0. The number of hydrogen-bond acceptors (Lipinski definition) is 3. The maximum Gasteiger partial charge on any atom is 0.350 e. The second kappa shape index (κ2) is 5.52. The Morgan fingerprint density at radius 3 is 2.41 bits per heavy atom. The van der Waals surface area contributed by atoms with E-state index in [0.29, 0.717) is 0 Å². The third-order valence-corrected chi connectivity index (χ3v) is 4.61. The minimum Gasteiger partial charge on any atom is -0.371 e. The summed E-state index contributed by atoms with van der Waals surface area (Å²) < 4.78 is 1.98. The van der Waals surface area contributed by atoms with Crippen LogP contribution in [0, 0.1) is 0 Å². The molecule has 2 aromatic rings. The molecule has 112 valence electrons. The molecule has 2 aliphatic heterocycles. The molecule has 0 radical (unpaired) electrons. The molecule has 22 heavy (non-hydrogen) atoms. The van der Waals surface area contributed by atoms with Crippen LogP contribution in [0.25, 0.3) is 0 Å². The van der Waals surface area contributed by atoms with Gasteiger partial charge in [0, 0.05) is 24.8 Å². The number of benzene rings is 1. The zero-order valence-electron chi connectivity index (χ0n) is 13.0. The van der Waals surface area contributed by atoms with Crippen LogP contribution < -0.4 is 9.47 Å². The second-order valence-corrected chi connectivity index (χ2v) is 6.18. The van der Waals surface area contributed by atoms with Gasteiger partial charge < -0.3 is 4.90 Å². The zero-order valence-corrected chi connectivity index (χ0v) is 13.0. The zero-order chi connectivity index (χ0) is 14.9. The van der Waals surface area contributed by atoms with E-state index in [1.54, 1.807) is 0 Å². The molecule has 0 fully saturated rings. The van der Waals surface area contributed by atoms with Gasteiger partial charge in [0.05, 0.1) is 18.4 Å². The summed E-state index contributed by atoms with van der Waals surface area (Å²) in [5, 5.41) is 8.90. The molecule has 2 aliphatic rings. The standard InChI is InChI=1S/C18H21N4/c1-21-9-3-2-8-17(21)20-19-16-12-14-6-4-10-22-11-5-7-15(13-16)18(14)22/h2-3,8-9,12-13H,4-7,10-11H2,1H3/q+1. The van der Waals surface area contributed by atoms with Crippen molar-refractivity contribution in [1.82, 2.24) is 0 Å². The fraction of sp³-hybridized carbons (Fsp3) is 0.389. The molecular formula is C18H21N4+. The monoisotopic (exact) mass is 293 g/mol. The SMILES string of the molecule is C[n+]1ccccc1/N=N/c1cc2c3c(c1)CCCN3CCC2. The van der Waals surface area contributed by atoms with Crippen LogP contribution >= 0.6 is 0 Å². The molecule has 4 nitrogen and oxygen atoms in total. The van der Waals surface area contributed by atoms with Crippen LogP contribution in [-0.4, -0.2) is 13.1 Å². The van der Waals surface area contributed by atoms with Gasteiger partial charge >= 0.3 is 5.82 Å². The summed E-state index contributed by atoms with van der Waals surface area (Å²) in [6, 6.07) is 10.4. The third kappa shape index (κ3) is 2.39. The minimum absolute atomic E-state index is 0.871. The first-order valence-corrected chi connectivity index (χ1v) is 8.08. The van der Waals surface area contributed by atoms with Crippen molar-refractivity contribution in [3.8, 4) is 0 Å². The van der Waals surface area contributed by atoms with Crippen molar-refractivity contribution < 1.29 is 4.57 Å². The minimum atomic E-state index is 0.871. The Balaban J connectivity index is 1.70. The number of aromatic nitrogens is 1. The van der Waals surface area contributed by atoms with E-state index in [4.69, 9.17) is 0 Å². The summed E-state index contributed by atoms with van der Waals surface area (Å²) in [6.07, 6.45) is 6.83. The molecule has 0 atom stereocenters. The van der Waals surface area contributed by atoms with E-state index >= 15 is 0 Å². The van der Waals surface area contributed by atoms with Crippen LogP contribution in [0.4, 0.5) is 17.2 Å². The van der Waals surface area contributed by atoms with E-state index in [1.165, 1.54) is 55.6 Å². The molecule has 0 aliphatic carbocycles. The van der Waals surface area contributed by atoms with Gasteiger partial charge in [-0.05, 0) is 60.1 Å². The largest absolute Gasteiger partial charge is 0.371 e. The number of anilines is 1. The van der Waals surface area contributed by atoms with Crippen molar-refractivity contribution in [3.05, 3.63) is 47.7 Å². The van der Waals surface area contributed by atoms with E-state index in [2.05, 4.69) is 27.3 Å². The molecule has 0 N–H and O–H groups in total. The number of azo groups is 1. The van der Waals surface area contributed by atoms with Crippen LogP contribution in [0.5, 0.6) is 0 Å². The summed E-state index contributed by atoms with van der Waals surface area (Å²) in [5.41, 5.74) is 5.38. The van der Waals surface area contributed by atoms with Gasteiger partial charge in [-0.1, -0.05) is 6.07 Å². The Morgan fingerprint density at radius 1 is 1.00 bits per heavy atom. The first-order valence-electron chi connectivity index (χ1n) is 8.08. The van der Waals surface area contributed by atoms with Crippen LogP contribution in [0.3, 0.4) is 0 Å². The number of nitrogens with zero attached hydrogens (tertiary/aromatic N) is 4. The lowest BCUT2D eigenvalue weighted by Crippen LogP contribution is -2.34. The molecule has 1 aromatic heterocycles. The molecule has 0 bridgehead atoms. The van der Waals surface area contributed by atoms with E-state index in [-0.39, 0.29) is 0 Å². The van der Waals surface area contributed by atoms with Crippen LogP contribution in [0.15, 0.2) is 46.8 Å². The third-order valence-electron chi connectivity index (χ3n) is 4.61. The highest BCUT2D eigenvalue weighted by atomic mass is 15.2. The van der Waals surface area contributed by atoms with Crippen molar-refractivity contribution in [2.75, 3.05) is 18.0 Å². The lowest BCUT2D eigenvalue weighted by atomic mass is 9.91. The average Bonchev–Trinajstić information content (AvgIpc) is 2.55. The summed E-state index contributed by atoms with van der Waals surface area (Å²) >= 11 is 0. The fourth-order valence-electron chi connectivity index (χ4n) is 3.57. The van der Waals surface area contributed by atoms with Gasteiger partial charge in [-0.2, -0.15) is 0 Å². The topological polar surface area (TPSA) is 31.8 Å². The van der Waals surface area contributed by atoms with E-state index in [9.17, 15) is 0 Å². The Kier molecular flexibility index (Phi) is 3.37. The van der Waals surface area contributed by atoms with E-state index in [1.807, 2.05) is 36.0 Å². The number of aryl methyl sites for hydroxylation is 3. The van der Waals surface area contributed by atoms with E-state index < -0.39 is 0 Å². The Labute approximate surface area is 131 Å². The first-order chi connectivity index (χ1) is 10.8. The van der Waals surface area contributed by atoms with Crippen LogP contribution in [-0.2, 0) is 19.9 Å². The van der Waals surface area contributed by atoms with Gasteiger partial charge in [-0.25, -0.2) is 4.57 Å². The van der Waals surface area contributed by atoms with Gasteiger partial charge in [-0.3, -0.25) is 0 Å². The maximum atomic E-state index is 4.49. The Bertz CT molecular complexity index is 705. The lowest BCUT2D eigenvalue weighted by Gasteiger charge is -2.36. The Morgan fingerprint density at radius 2 is 1.73 bits per heavy atom. The molecule has 0 saturated heterocycles. The number of pyridine rings is 1. The average molecular weight is 293 g/mol. The molecule has 0 amide bonds. The van der Waals surface area contributed by atoms with Gasteiger partial charge in [0.2, 0.25) is 0 Å². The molecule has 3 heterocycles. The van der Waals surface area contributed by atoms with Gasteiger partial charge in [0.1, 0.15) is 5.69 Å². The smallest absolute Gasteiger partial charge is 0.350 e. The van der Waals surface area contributed by atoms with Crippen molar-refractivity contribution in [1.29, 1.82) is 0 Å². The summed E-state index contributed by atoms with van der Waals surface area (Å²) in [6.45, 7) is 2.42. The molecule has 4 heteroatoms. The predicted octanol–water partition coefficient (Wildman–Crippen LogP) is 3.63. The van der Waals surface area contributed by atoms with Gasteiger partial charge in [0.25, 0.3) is 0 Å². The van der Waals surface area contributed by atoms with Gasteiger partial charge in [-0.15, -0.1) is 0 Å².